The molecule has 1 aromatic rings. The van der Waals surface area contributed by atoms with E-state index in [0.717, 1.165) is 6.26 Å². The lowest BCUT2D eigenvalue weighted by Gasteiger charge is -1.99. The Morgan fingerprint density at radius 2 is 1.92 bits per heavy atom. The Hall–Kier alpha value is -1.28. The number of ketones is 1. The van der Waals surface area contributed by atoms with Crippen LogP contribution >= 0.6 is 11.6 Å². The van der Waals surface area contributed by atoms with Gasteiger partial charge in [-0.2, -0.15) is 0 Å². The van der Waals surface area contributed by atoms with Crippen LogP contribution < -0.4 is 0 Å². The summed E-state index contributed by atoms with van der Waals surface area (Å²) in [5, 5.41) is 9.20. The second-order valence-electron chi connectivity index (χ2n) is 2.65. The Morgan fingerprint density at radius 3 is 2.38 bits per heavy atom. The van der Waals surface area contributed by atoms with Crippen molar-refractivity contribution in [1.29, 1.82) is 0 Å². The van der Waals surface area contributed by atoms with Crippen molar-refractivity contribution in [1.82, 2.24) is 0 Å². The summed E-state index contributed by atoms with van der Waals surface area (Å²) >= 11 is 5.65. The zero-order valence-electron chi connectivity index (χ0n) is 7.12. The zero-order valence-corrected chi connectivity index (χ0v) is 7.88. The van der Waals surface area contributed by atoms with Gasteiger partial charge >= 0.3 is 0 Å². The molecular formula is C10H9ClO2. The smallest absolute Gasteiger partial charge is 0.191 e. The fourth-order valence-electron chi connectivity index (χ4n) is 0.888. The monoisotopic (exact) mass is 196 g/mol. The van der Waals surface area contributed by atoms with Crippen LogP contribution in [-0.2, 0) is 0 Å². The van der Waals surface area contributed by atoms with Crippen molar-refractivity contribution in [3.05, 3.63) is 46.7 Å². The van der Waals surface area contributed by atoms with E-state index in [1.807, 2.05) is 0 Å². The summed E-state index contributed by atoms with van der Waals surface area (Å²) < 4.78 is 0. The molecular weight excluding hydrogens is 188 g/mol. The molecule has 0 amide bonds. The summed E-state index contributed by atoms with van der Waals surface area (Å²) in [7, 11) is 0. The molecule has 13 heavy (non-hydrogen) atoms. The minimum absolute atomic E-state index is 0.195. The molecule has 1 N–H and O–H groups in total. The van der Waals surface area contributed by atoms with Gasteiger partial charge in [0.05, 0.1) is 6.26 Å². The van der Waals surface area contributed by atoms with E-state index in [2.05, 4.69) is 0 Å². The Kier molecular flexibility index (Phi) is 3.09. The van der Waals surface area contributed by atoms with Gasteiger partial charge in [-0.25, -0.2) is 0 Å². The third-order valence-electron chi connectivity index (χ3n) is 1.66. The third kappa shape index (κ3) is 2.33. The Labute approximate surface area is 81.5 Å². The summed E-state index contributed by atoms with van der Waals surface area (Å²) in [6.45, 7) is 1.55. The van der Waals surface area contributed by atoms with E-state index in [9.17, 15) is 4.79 Å². The molecule has 0 aromatic heterocycles. The summed E-state index contributed by atoms with van der Waals surface area (Å²) in [6.07, 6.45) is 0.803. The van der Waals surface area contributed by atoms with E-state index in [1.165, 1.54) is 0 Å². The number of hydrogen-bond acceptors (Lipinski definition) is 2. The van der Waals surface area contributed by atoms with Crippen LogP contribution in [0, 0.1) is 0 Å². The lowest BCUT2D eigenvalue weighted by Crippen LogP contribution is -1.99. The number of benzene rings is 1. The number of rotatable bonds is 2. The quantitative estimate of drug-likeness (QED) is 0.449. The normalized spacial score (nSPS) is 11.4. The van der Waals surface area contributed by atoms with Crippen LogP contribution in [0.15, 0.2) is 36.1 Å². The van der Waals surface area contributed by atoms with E-state index >= 15 is 0 Å². The predicted molar refractivity (Wildman–Crippen MR) is 52.2 cm³/mol. The number of aliphatic hydroxyl groups excluding tert-OH is 1. The van der Waals surface area contributed by atoms with Crippen LogP contribution in [0.3, 0.4) is 0 Å². The van der Waals surface area contributed by atoms with E-state index in [0.29, 0.717) is 16.2 Å². The van der Waals surface area contributed by atoms with E-state index in [1.54, 1.807) is 31.2 Å². The average molecular weight is 197 g/mol. The minimum Gasteiger partial charge on any atom is -0.515 e. The van der Waals surface area contributed by atoms with Gasteiger partial charge in [-0.15, -0.1) is 0 Å². The van der Waals surface area contributed by atoms with Crippen molar-refractivity contribution in [3.8, 4) is 0 Å². The van der Waals surface area contributed by atoms with Crippen molar-refractivity contribution in [2.45, 2.75) is 6.92 Å². The molecule has 2 nitrogen and oxygen atoms in total. The first-order valence-electron chi connectivity index (χ1n) is 3.76. The maximum atomic E-state index is 11.4. The predicted octanol–water partition coefficient (Wildman–Crippen LogP) is 2.98. The van der Waals surface area contributed by atoms with Gasteiger partial charge in [0.15, 0.2) is 5.78 Å². The van der Waals surface area contributed by atoms with Crippen LogP contribution in [0.4, 0.5) is 0 Å². The van der Waals surface area contributed by atoms with Crippen LogP contribution in [0.5, 0.6) is 0 Å². The molecule has 0 heterocycles. The van der Waals surface area contributed by atoms with Crippen molar-refractivity contribution in [3.63, 3.8) is 0 Å². The molecule has 68 valence electrons. The number of carbonyl (C=O) groups excluding carboxylic acids is 1. The second-order valence-corrected chi connectivity index (χ2v) is 3.08. The number of allylic oxidation sites excluding steroid dienone is 1. The van der Waals surface area contributed by atoms with Gasteiger partial charge in [0.1, 0.15) is 0 Å². The van der Waals surface area contributed by atoms with Gasteiger partial charge in [0.2, 0.25) is 0 Å². The molecule has 0 aliphatic heterocycles. The Balaban J connectivity index is 2.97. The third-order valence-corrected chi connectivity index (χ3v) is 1.91. The molecule has 0 saturated carbocycles. The lowest BCUT2D eigenvalue weighted by molar-refractivity contribution is 0.103. The molecule has 0 fully saturated rings. The standard InChI is InChI=1S/C10H9ClO2/c1-7(6-12)10(13)8-2-4-9(11)5-3-8/h2-6,12H,1H3/b7-6+. The first kappa shape index (κ1) is 9.81. The van der Waals surface area contributed by atoms with Gasteiger partial charge in [-0.05, 0) is 31.2 Å². The van der Waals surface area contributed by atoms with Crippen molar-refractivity contribution < 1.29 is 9.90 Å². The number of carbonyl (C=O) groups is 1. The zero-order chi connectivity index (χ0) is 9.84. The van der Waals surface area contributed by atoms with Crippen molar-refractivity contribution in [2.75, 3.05) is 0 Å². The summed E-state index contributed by atoms with van der Waals surface area (Å²) in [5.74, 6) is -0.195. The first-order valence-corrected chi connectivity index (χ1v) is 4.14. The van der Waals surface area contributed by atoms with Gasteiger partial charge in [-0.1, -0.05) is 11.6 Å². The summed E-state index contributed by atoms with van der Waals surface area (Å²) in [5.41, 5.74) is 0.828. The van der Waals surface area contributed by atoms with Crippen LogP contribution in [0.1, 0.15) is 17.3 Å². The Morgan fingerprint density at radius 1 is 1.38 bits per heavy atom. The van der Waals surface area contributed by atoms with Crippen molar-refractivity contribution >= 4 is 17.4 Å². The molecule has 0 unspecified atom stereocenters. The first-order chi connectivity index (χ1) is 6.15. The molecule has 1 aromatic carbocycles. The van der Waals surface area contributed by atoms with Gasteiger partial charge < -0.3 is 5.11 Å². The van der Waals surface area contributed by atoms with E-state index in [-0.39, 0.29) is 5.78 Å². The highest BCUT2D eigenvalue weighted by molar-refractivity contribution is 6.30. The number of Topliss-reactive ketones (excluding diaryl/α,β-unsaturated/α-hetero) is 1. The number of aliphatic hydroxyl groups is 1. The fraction of sp³-hybridized carbons (Fsp3) is 0.100. The highest BCUT2D eigenvalue weighted by Crippen LogP contribution is 2.12. The molecule has 1 rings (SSSR count). The highest BCUT2D eigenvalue weighted by Gasteiger charge is 2.06. The van der Waals surface area contributed by atoms with Gasteiger partial charge in [-0.3, -0.25) is 4.79 Å². The molecule has 0 saturated heterocycles. The molecule has 0 bridgehead atoms. The summed E-state index contributed by atoms with van der Waals surface area (Å²) in [4.78, 5) is 11.4. The van der Waals surface area contributed by atoms with E-state index in [4.69, 9.17) is 16.7 Å². The average Bonchev–Trinajstić information content (AvgIpc) is 2.17. The van der Waals surface area contributed by atoms with Crippen LogP contribution in [0.2, 0.25) is 5.02 Å². The number of hydrogen-bond donors (Lipinski definition) is 1. The second kappa shape index (κ2) is 4.10. The van der Waals surface area contributed by atoms with Gasteiger partial charge in [0, 0.05) is 16.2 Å². The van der Waals surface area contributed by atoms with Crippen molar-refractivity contribution in [2.24, 2.45) is 0 Å². The topological polar surface area (TPSA) is 37.3 Å². The summed E-state index contributed by atoms with van der Waals surface area (Å²) in [6, 6.07) is 6.52. The molecule has 0 aliphatic carbocycles. The van der Waals surface area contributed by atoms with Gasteiger partial charge in [0.25, 0.3) is 0 Å². The maximum absolute atomic E-state index is 11.4. The maximum Gasteiger partial charge on any atom is 0.191 e. The fourth-order valence-corrected chi connectivity index (χ4v) is 1.01. The molecule has 0 spiro atoms. The molecule has 0 aliphatic rings. The molecule has 0 radical (unpaired) electrons. The Bertz CT molecular complexity index is 338. The van der Waals surface area contributed by atoms with Crippen LogP contribution in [0.25, 0.3) is 0 Å². The largest absolute Gasteiger partial charge is 0.515 e. The SMILES string of the molecule is C/C(=C\O)C(=O)c1ccc(Cl)cc1. The lowest BCUT2D eigenvalue weighted by atomic mass is 10.1. The highest BCUT2D eigenvalue weighted by atomic mass is 35.5. The minimum atomic E-state index is -0.195. The molecule has 3 heteroatoms. The number of halogens is 1. The molecule has 0 atom stereocenters. The van der Waals surface area contributed by atoms with E-state index < -0.39 is 0 Å². The van der Waals surface area contributed by atoms with Crippen LogP contribution in [-0.4, -0.2) is 10.9 Å².